The van der Waals surface area contributed by atoms with E-state index in [4.69, 9.17) is 5.73 Å². The Morgan fingerprint density at radius 1 is 1.28 bits per heavy atom. The number of aryl methyl sites for hydroxylation is 1. The van der Waals surface area contributed by atoms with Gasteiger partial charge in [-0.25, -0.2) is 4.98 Å². The Labute approximate surface area is 107 Å². The van der Waals surface area contributed by atoms with Crippen LogP contribution in [0.5, 0.6) is 0 Å². The first-order chi connectivity index (χ1) is 8.83. The van der Waals surface area contributed by atoms with Crippen LogP contribution < -0.4 is 5.73 Å². The summed E-state index contributed by atoms with van der Waals surface area (Å²) in [5.41, 5.74) is 8.23. The predicted octanol–water partition coefficient (Wildman–Crippen LogP) is 1.46. The number of aromatic nitrogens is 2. The van der Waals surface area contributed by atoms with Gasteiger partial charge >= 0.3 is 0 Å². The maximum atomic E-state index is 5.91. The van der Waals surface area contributed by atoms with Crippen LogP contribution in [0.25, 0.3) is 11.0 Å². The minimum absolute atomic E-state index is 0.388. The topological polar surface area (TPSA) is 47.1 Å². The second-order valence-electron chi connectivity index (χ2n) is 5.13. The van der Waals surface area contributed by atoms with E-state index in [2.05, 4.69) is 32.7 Å². The molecule has 1 fully saturated rings. The van der Waals surface area contributed by atoms with Crippen molar-refractivity contribution in [1.82, 2.24) is 14.5 Å². The summed E-state index contributed by atoms with van der Waals surface area (Å²) in [6, 6.07) is 8.68. The summed E-state index contributed by atoms with van der Waals surface area (Å²) in [6.45, 7) is 4.39. The standard InChI is InChI=1S/C14H20N4/c15-12-6-9-17(10-12)7-3-8-18-11-16-13-4-1-2-5-14(13)18/h1-2,4-5,11-12H,3,6-10,15H2. The van der Waals surface area contributed by atoms with Crippen molar-refractivity contribution in [3.8, 4) is 0 Å². The molecular formula is C14H20N4. The van der Waals surface area contributed by atoms with Crippen LogP contribution in [0.15, 0.2) is 30.6 Å². The fraction of sp³-hybridized carbons (Fsp3) is 0.500. The molecule has 3 rings (SSSR count). The zero-order chi connectivity index (χ0) is 12.4. The van der Waals surface area contributed by atoms with E-state index in [0.717, 1.165) is 44.5 Å². The summed E-state index contributed by atoms with van der Waals surface area (Å²) in [5.74, 6) is 0. The van der Waals surface area contributed by atoms with E-state index in [9.17, 15) is 0 Å². The molecular weight excluding hydrogens is 224 g/mol. The van der Waals surface area contributed by atoms with Gasteiger partial charge in [0.2, 0.25) is 0 Å². The number of para-hydroxylation sites is 2. The molecule has 1 aromatic heterocycles. The van der Waals surface area contributed by atoms with Crippen molar-refractivity contribution in [3.05, 3.63) is 30.6 Å². The van der Waals surface area contributed by atoms with Gasteiger partial charge in [0.05, 0.1) is 17.4 Å². The molecule has 1 aliphatic heterocycles. The van der Waals surface area contributed by atoms with E-state index in [1.54, 1.807) is 0 Å². The van der Waals surface area contributed by atoms with Gasteiger partial charge in [0.15, 0.2) is 0 Å². The number of imidazole rings is 1. The fourth-order valence-corrected chi connectivity index (χ4v) is 2.72. The van der Waals surface area contributed by atoms with Gasteiger partial charge in [0.25, 0.3) is 0 Å². The molecule has 4 nitrogen and oxygen atoms in total. The molecule has 1 unspecified atom stereocenters. The number of hydrogen-bond acceptors (Lipinski definition) is 3. The highest BCUT2D eigenvalue weighted by Crippen LogP contribution is 2.13. The van der Waals surface area contributed by atoms with Gasteiger partial charge in [0, 0.05) is 19.1 Å². The molecule has 18 heavy (non-hydrogen) atoms. The van der Waals surface area contributed by atoms with Crippen molar-refractivity contribution in [2.24, 2.45) is 5.73 Å². The Morgan fingerprint density at radius 2 is 2.17 bits per heavy atom. The zero-order valence-electron chi connectivity index (χ0n) is 10.6. The lowest BCUT2D eigenvalue weighted by molar-refractivity contribution is 0.322. The summed E-state index contributed by atoms with van der Waals surface area (Å²) in [7, 11) is 0. The zero-order valence-corrected chi connectivity index (χ0v) is 10.6. The molecule has 1 atom stereocenters. The van der Waals surface area contributed by atoms with Crippen LogP contribution in [0.2, 0.25) is 0 Å². The van der Waals surface area contributed by atoms with Crippen LogP contribution in [0.4, 0.5) is 0 Å². The Bertz CT molecular complexity index is 519. The Kier molecular flexibility index (Phi) is 3.30. The summed E-state index contributed by atoms with van der Waals surface area (Å²) < 4.78 is 2.24. The highest BCUT2D eigenvalue weighted by atomic mass is 15.2. The Hall–Kier alpha value is -1.39. The normalized spacial score (nSPS) is 20.8. The SMILES string of the molecule is NC1CCN(CCCn2cnc3ccccc32)C1. The summed E-state index contributed by atoms with van der Waals surface area (Å²) >= 11 is 0. The Morgan fingerprint density at radius 3 is 3.00 bits per heavy atom. The van der Waals surface area contributed by atoms with Crippen LogP contribution in [-0.2, 0) is 6.54 Å². The van der Waals surface area contributed by atoms with E-state index in [-0.39, 0.29) is 0 Å². The van der Waals surface area contributed by atoms with E-state index in [1.165, 1.54) is 5.52 Å². The van der Waals surface area contributed by atoms with E-state index in [0.29, 0.717) is 6.04 Å². The van der Waals surface area contributed by atoms with Crippen LogP contribution >= 0.6 is 0 Å². The van der Waals surface area contributed by atoms with Crippen LogP contribution in [0, 0.1) is 0 Å². The third-order valence-electron chi connectivity index (χ3n) is 3.71. The van der Waals surface area contributed by atoms with E-state index < -0.39 is 0 Å². The van der Waals surface area contributed by atoms with Crippen molar-refractivity contribution in [2.75, 3.05) is 19.6 Å². The number of nitrogens with two attached hydrogens (primary N) is 1. The summed E-state index contributed by atoms with van der Waals surface area (Å²) in [6.07, 6.45) is 4.25. The third kappa shape index (κ3) is 2.40. The summed E-state index contributed by atoms with van der Waals surface area (Å²) in [4.78, 5) is 6.87. The number of benzene rings is 1. The minimum atomic E-state index is 0.388. The lowest BCUT2D eigenvalue weighted by atomic mass is 10.3. The Balaban J connectivity index is 1.57. The minimum Gasteiger partial charge on any atom is -0.331 e. The molecule has 1 aliphatic rings. The van der Waals surface area contributed by atoms with Crippen molar-refractivity contribution in [3.63, 3.8) is 0 Å². The molecule has 4 heteroatoms. The van der Waals surface area contributed by atoms with Gasteiger partial charge in [-0.2, -0.15) is 0 Å². The lowest BCUT2D eigenvalue weighted by Gasteiger charge is -2.15. The lowest BCUT2D eigenvalue weighted by Crippen LogP contribution is -2.27. The molecule has 2 aromatic rings. The average molecular weight is 244 g/mol. The van der Waals surface area contributed by atoms with Crippen LogP contribution in [0.3, 0.4) is 0 Å². The molecule has 0 spiro atoms. The average Bonchev–Trinajstić information content (AvgIpc) is 2.97. The third-order valence-corrected chi connectivity index (χ3v) is 3.71. The van der Waals surface area contributed by atoms with Gasteiger partial charge in [-0.15, -0.1) is 0 Å². The largest absolute Gasteiger partial charge is 0.331 e. The number of nitrogens with zero attached hydrogens (tertiary/aromatic N) is 3. The molecule has 0 radical (unpaired) electrons. The number of fused-ring (bicyclic) bond motifs is 1. The second kappa shape index (κ2) is 5.08. The smallest absolute Gasteiger partial charge is 0.0958 e. The van der Waals surface area contributed by atoms with Gasteiger partial charge in [-0.1, -0.05) is 12.1 Å². The molecule has 0 bridgehead atoms. The molecule has 96 valence electrons. The van der Waals surface area contributed by atoms with Gasteiger partial charge in [0.1, 0.15) is 0 Å². The highest BCUT2D eigenvalue weighted by molar-refractivity contribution is 5.74. The first kappa shape index (κ1) is 11.7. The van der Waals surface area contributed by atoms with E-state index >= 15 is 0 Å². The van der Waals surface area contributed by atoms with Crippen molar-refractivity contribution < 1.29 is 0 Å². The first-order valence-electron chi connectivity index (χ1n) is 6.71. The van der Waals surface area contributed by atoms with Gasteiger partial charge in [-0.3, -0.25) is 0 Å². The highest BCUT2D eigenvalue weighted by Gasteiger charge is 2.17. The summed E-state index contributed by atoms with van der Waals surface area (Å²) in [5, 5.41) is 0. The molecule has 2 heterocycles. The quantitative estimate of drug-likeness (QED) is 0.885. The molecule has 0 saturated carbocycles. The second-order valence-corrected chi connectivity index (χ2v) is 5.13. The van der Waals surface area contributed by atoms with Crippen molar-refractivity contribution in [2.45, 2.75) is 25.4 Å². The molecule has 2 N–H and O–H groups in total. The van der Waals surface area contributed by atoms with Crippen molar-refractivity contribution >= 4 is 11.0 Å². The maximum absolute atomic E-state index is 5.91. The molecule has 0 aliphatic carbocycles. The van der Waals surface area contributed by atoms with Crippen molar-refractivity contribution in [1.29, 1.82) is 0 Å². The fourth-order valence-electron chi connectivity index (χ4n) is 2.72. The van der Waals surface area contributed by atoms with E-state index in [1.807, 2.05) is 12.4 Å². The number of rotatable bonds is 4. The number of hydrogen-bond donors (Lipinski definition) is 1. The van der Waals surface area contributed by atoms with Crippen LogP contribution in [-0.4, -0.2) is 40.1 Å². The molecule has 1 saturated heterocycles. The molecule has 0 amide bonds. The molecule has 1 aromatic carbocycles. The van der Waals surface area contributed by atoms with Gasteiger partial charge < -0.3 is 15.2 Å². The first-order valence-corrected chi connectivity index (χ1v) is 6.71. The number of likely N-dealkylation sites (tertiary alicyclic amines) is 1. The predicted molar refractivity (Wildman–Crippen MR) is 73.4 cm³/mol. The van der Waals surface area contributed by atoms with Crippen LogP contribution in [0.1, 0.15) is 12.8 Å². The van der Waals surface area contributed by atoms with Gasteiger partial charge in [-0.05, 0) is 38.1 Å². The maximum Gasteiger partial charge on any atom is 0.0958 e. The monoisotopic (exact) mass is 244 g/mol.